The molecule has 0 saturated heterocycles. The first kappa shape index (κ1) is 21.8. The third-order valence-electron chi connectivity index (χ3n) is 5.17. The van der Waals surface area contributed by atoms with Crippen molar-refractivity contribution in [2.24, 2.45) is 0 Å². The summed E-state index contributed by atoms with van der Waals surface area (Å²) >= 11 is 0. The summed E-state index contributed by atoms with van der Waals surface area (Å²) < 4.78 is 0. The molecule has 0 aliphatic heterocycles. The Kier molecular flexibility index (Phi) is 6.02. The maximum atomic E-state index is 11.1. The second kappa shape index (κ2) is 7.47. The van der Waals surface area contributed by atoms with E-state index in [1.54, 1.807) is 0 Å². The second-order valence-corrected chi connectivity index (χ2v) is 10.3. The topological polar surface area (TPSA) is 40.5 Å². The van der Waals surface area contributed by atoms with Crippen molar-refractivity contribution < 1.29 is 10.2 Å². The van der Waals surface area contributed by atoms with E-state index in [0.717, 1.165) is 39.5 Å². The predicted molar refractivity (Wildman–Crippen MR) is 120 cm³/mol. The number of phenolic OH excluding ortho intramolecular Hbond substituents is 2. The van der Waals surface area contributed by atoms with Gasteiger partial charge in [-0.05, 0) is 42.0 Å². The summed E-state index contributed by atoms with van der Waals surface area (Å²) in [5.41, 5.74) is 5.61. The van der Waals surface area contributed by atoms with Gasteiger partial charge in [-0.15, -0.1) is 9.24 Å². The van der Waals surface area contributed by atoms with Gasteiger partial charge in [0.25, 0.3) is 0 Å². The molecule has 0 aromatic heterocycles. The third-order valence-corrected chi connectivity index (χ3v) is 5.64. The van der Waals surface area contributed by atoms with Gasteiger partial charge in [-0.3, -0.25) is 0 Å². The molecule has 0 bridgehead atoms. The Hall–Kier alpha value is -1.53. The highest BCUT2D eigenvalue weighted by atomic mass is 31.0. The predicted octanol–water partition coefficient (Wildman–Crippen LogP) is 6.32. The first-order valence-electron chi connectivity index (χ1n) is 9.65. The van der Waals surface area contributed by atoms with Gasteiger partial charge in [-0.25, -0.2) is 0 Å². The van der Waals surface area contributed by atoms with Crippen LogP contribution in [0.15, 0.2) is 24.3 Å². The van der Waals surface area contributed by atoms with Crippen LogP contribution < -0.4 is 0 Å². The van der Waals surface area contributed by atoms with Crippen molar-refractivity contribution in [3.63, 3.8) is 0 Å². The maximum Gasteiger partial charge on any atom is 0.123 e. The lowest BCUT2D eigenvalue weighted by molar-refractivity contribution is 0.430. The van der Waals surface area contributed by atoms with Crippen molar-refractivity contribution in [1.82, 2.24) is 0 Å². The molecule has 0 aliphatic rings. The zero-order chi connectivity index (χ0) is 20.7. The van der Waals surface area contributed by atoms with Crippen LogP contribution in [0.3, 0.4) is 0 Å². The van der Waals surface area contributed by atoms with Crippen LogP contribution in [0.4, 0.5) is 0 Å². The van der Waals surface area contributed by atoms with Crippen molar-refractivity contribution in [2.45, 2.75) is 72.1 Å². The Balaban J connectivity index is 2.77. The fourth-order valence-electron chi connectivity index (χ4n) is 3.71. The summed E-state index contributed by atoms with van der Waals surface area (Å²) in [7, 11) is 2.79. The molecule has 0 amide bonds. The van der Waals surface area contributed by atoms with Crippen molar-refractivity contribution >= 4 is 9.24 Å². The van der Waals surface area contributed by atoms with E-state index in [1.165, 1.54) is 0 Å². The van der Waals surface area contributed by atoms with Crippen molar-refractivity contribution in [2.75, 3.05) is 6.16 Å². The fraction of sp³-hybridized carbons (Fsp3) is 0.500. The van der Waals surface area contributed by atoms with Crippen molar-refractivity contribution in [3.05, 3.63) is 57.6 Å². The molecule has 0 heterocycles. The Morgan fingerprint density at radius 1 is 0.741 bits per heavy atom. The summed E-state index contributed by atoms with van der Waals surface area (Å²) in [5.74, 6) is 0.606. The van der Waals surface area contributed by atoms with Crippen LogP contribution in [0.25, 0.3) is 0 Å². The molecule has 1 atom stereocenters. The lowest BCUT2D eigenvalue weighted by Gasteiger charge is -2.28. The van der Waals surface area contributed by atoms with Gasteiger partial charge >= 0.3 is 0 Å². The number of benzene rings is 2. The molecule has 0 spiro atoms. The largest absolute Gasteiger partial charge is 0.507 e. The Bertz CT molecular complexity index is 769. The van der Waals surface area contributed by atoms with Gasteiger partial charge in [-0.1, -0.05) is 76.9 Å². The van der Waals surface area contributed by atoms with Gasteiger partial charge in [0, 0.05) is 17.0 Å². The number of phenols is 2. The molecule has 2 aromatic carbocycles. The second-order valence-electron chi connectivity index (χ2n) is 9.79. The van der Waals surface area contributed by atoms with Crippen LogP contribution in [0.5, 0.6) is 11.5 Å². The average Bonchev–Trinajstić information content (AvgIpc) is 2.51. The first-order chi connectivity index (χ1) is 12.3. The molecule has 1 unspecified atom stereocenters. The summed E-state index contributed by atoms with van der Waals surface area (Å²) in [5, 5.41) is 22.2. The zero-order valence-electron chi connectivity index (χ0n) is 18.1. The number of hydrogen-bond acceptors (Lipinski definition) is 2. The minimum Gasteiger partial charge on any atom is -0.507 e. The molecule has 0 fully saturated rings. The van der Waals surface area contributed by atoms with E-state index >= 15 is 0 Å². The Morgan fingerprint density at radius 3 is 1.33 bits per heavy atom. The summed E-state index contributed by atoms with van der Waals surface area (Å²) in [6.07, 6.45) is 0.723. The molecule has 148 valence electrons. The highest BCUT2D eigenvalue weighted by Gasteiger charge is 2.28. The van der Waals surface area contributed by atoms with Gasteiger partial charge in [-0.2, -0.15) is 0 Å². The minimum absolute atomic E-state index is 0.0861. The van der Waals surface area contributed by atoms with E-state index in [4.69, 9.17) is 0 Å². The lowest BCUT2D eigenvalue weighted by atomic mass is 9.78. The quantitative estimate of drug-likeness (QED) is 0.606. The maximum absolute atomic E-state index is 11.1. The average molecular weight is 387 g/mol. The molecule has 0 aliphatic carbocycles. The highest BCUT2D eigenvalue weighted by molar-refractivity contribution is 7.16. The molecule has 0 radical (unpaired) electrons. The number of aromatic hydroxyl groups is 2. The molecule has 2 rings (SSSR count). The molecule has 27 heavy (non-hydrogen) atoms. The van der Waals surface area contributed by atoms with Crippen LogP contribution in [-0.4, -0.2) is 16.4 Å². The van der Waals surface area contributed by atoms with Gasteiger partial charge in [0.1, 0.15) is 11.5 Å². The van der Waals surface area contributed by atoms with E-state index in [-0.39, 0.29) is 16.7 Å². The van der Waals surface area contributed by atoms with Crippen molar-refractivity contribution in [3.8, 4) is 11.5 Å². The molecule has 2 N–H and O–H groups in total. The number of hydrogen-bond donors (Lipinski definition) is 2. The normalized spacial score (nSPS) is 12.7. The Morgan fingerprint density at radius 2 is 1.07 bits per heavy atom. The van der Waals surface area contributed by atoms with E-state index < -0.39 is 0 Å². The molecular weight excluding hydrogens is 351 g/mol. The van der Waals surface area contributed by atoms with Gasteiger partial charge in [0.2, 0.25) is 0 Å². The van der Waals surface area contributed by atoms with Crippen LogP contribution in [-0.2, 0) is 10.8 Å². The van der Waals surface area contributed by atoms with Crippen LogP contribution >= 0.6 is 9.24 Å². The van der Waals surface area contributed by atoms with Crippen molar-refractivity contribution in [1.29, 1.82) is 0 Å². The lowest BCUT2D eigenvalue weighted by Crippen LogP contribution is -2.16. The molecule has 3 heteroatoms. The standard InChI is InChI=1S/C24H35O2P/c1-14-9-16(21(25)19(11-14)23(3,4)5)18(13-27)17-10-15(2)12-20(22(17)26)24(6,7)8/h9-12,18,25-26H,13,27H2,1-8H3. The van der Waals surface area contributed by atoms with Crippen LogP contribution in [0, 0.1) is 13.8 Å². The summed E-state index contributed by atoms with van der Waals surface area (Å²) in [6.45, 7) is 16.8. The first-order valence-corrected chi connectivity index (χ1v) is 10.5. The number of aryl methyl sites for hydroxylation is 2. The smallest absolute Gasteiger partial charge is 0.123 e. The molecule has 2 nitrogen and oxygen atoms in total. The van der Waals surface area contributed by atoms with Crippen LogP contribution in [0.1, 0.15) is 80.8 Å². The fourth-order valence-corrected chi connectivity index (χ4v) is 4.22. The van der Waals surface area contributed by atoms with E-state index in [2.05, 4.69) is 88.9 Å². The molecule has 0 saturated carbocycles. The van der Waals surface area contributed by atoms with E-state index in [0.29, 0.717) is 11.5 Å². The zero-order valence-corrected chi connectivity index (χ0v) is 19.2. The van der Waals surface area contributed by atoms with Gasteiger partial charge in [0.05, 0.1) is 0 Å². The number of rotatable bonds is 3. The highest BCUT2D eigenvalue weighted by Crippen LogP contribution is 2.45. The van der Waals surface area contributed by atoms with E-state index in [9.17, 15) is 10.2 Å². The minimum atomic E-state index is -0.151. The van der Waals surface area contributed by atoms with E-state index in [1.807, 2.05) is 0 Å². The van der Waals surface area contributed by atoms with Crippen LogP contribution in [0.2, 0.25) is 0 Å². The van der Waals surface area contributed by atoms with Gasteiger partial charge < -0.3 is 10.2 Å². The van der Waals surface area contributed by atoms with Gasteiger partial charge in [0.15, 0.2) is 0 Å². The monoisotopic (exact) mass is 386 g/mol. The Labute approximate surface area is 167 Å². The summed E-state index contributed by atoms with van der Waals surface area (Å²) in [6, 6.07) is 8.24. The molecular formula is C24H35O2P. The summed E-state index contributed by atoms with van der Waals surface area (Å²) in [4.78, 5) is 0. The SMILES string of the molecule is Cc1cc(C(CP)c2cc(C)cc(C(C)(C)C)c2O)c(O)c(C(C)(C)C)c1. The third kappa shape index (κ3) is 4.49. The molecule has 2 aromatic rings.